The van der Waals surface area contributed by atoms with Crippen molar-refractivity contribution in [3.05, 3.63) is 59.9 Å². The molecule has 2 rings (SSSR count). The van der Waals surface area contributed by atoms with E-state index in [1.54, 1.807) is 5.48 Å². The molecule has 0 aliphatic carbocycles. The number of hydrogen-bond acceptors (Lipinski definition) is 5. The zero-order chi connectivity index (χ0) is 21.6. The number of carbonyl (C=O) groups excluding carboxylic acids is 1. The molecule has 0 saturated heterocycles. The van der Waals surface area contributed by atoms with Gasteiger partial charge < -0.3 is 4.74 Å². The number of sulfonamides is 1. The Morgan fingerprint density at radius 1 is 1.14 bits per heavy atom. The number of halogens is 1. The standard InChI is InChI=1S/C20H25FN2O5S/c1-14(2)12-19(20(24)22-25)23(13-15-4-6-16(21)7-5-15)29(26,27)18-10-8-17(28-3)9-11-18/h4-11,14,19,25H,12-13H2,1-3H3,(H,22,24)/t19-/m1/s1. The second kappa shape index (κ2) is 9.82. The van der Waals surface area contributed by atoms with Gasteiger partial charge in [0.05, 0.1) is 12.0 Å². The van der Waals surface area contributed by atoms with Crippen LogP contribution < -0.4 is 10.2 Å². The van der Waals surface area contributed by atoms with Gasteiger partial charge in [0.25, 0.3) is 5.91 Å². The first-order valence-corrected chi connectivity index (χ1v) is 10.5. The first kappa shape index (κ1) is 22.8. The number of benzene rings is 2. The van der Waals surface area contributed by atoms with Gasteiger partial charge in [-0.05, 0) is 54.3 Å². The highest BCUT2D eigenvalue weighted by molar-refractivity contribution is 7.89. The molecule has 0 bridgehead atoms. The van der Waals surface area contributed by atoms with E-state index in [0.717, 1.165) is 4.31 Å². The van der Waals surface area contributed by atoms with E-state index in [0.29, 0.717) is 11.3 Å². The van der Waals surface area contributed by atoms with Crippen LogP contribution in [0.1, 0.15) is 25.8 Å². The first-order chi connectivity index (χ1) is 13.7. The number of hydroxylamine groups is 1. The molecule has 0 heterocycles. The molecule has 29 heavy (non-hydrogen) atoms. The lowest BCUT2D eigenvalue weighted by molar-refractivity contribution is -0.133. The Balaban J connectivity index is 2.53. The van der Waals surface area contributed by atoms with Crippen LogP contribution in [0.3, 0.4) is 0 Å². The minimum atomic E-state index is -4.12. The average Bonchev–Trinajstić information content (AvgIpc) is 2.71. The summed E-state index contributed by atoms with van der Waals surface area (Å²) in [6.07, 6.45) is 0.184. The number of amides is 1. The number of hydrogen-bond donors (Lipinski definition) is 2. The monoisotopic (exact) mass is 424 g/mol. The van der Waals surface area contributed by atoms with E-state index in [4.69, 9.17) is 4.74 Å². The maximum absolute atomic E-state index is 13.4. The zero-order valence-electron chi connectivity index (χ0n) is 16.5. The fraction of sp³-hybridized carbons (Fsp3) is 0.350. The summed E-state index contributed by atoms with van der Waals surface area (Å²) in [5.41, 5.74) is 2.07. The van der Waals surface area contributed by atoms with Gasteiger partial charge in [-0.25, -0.2) is 18.3 Å². The number of carbonyl (C=O) groups is 1. The SMILES string of the molecule is COc1ccc(S(=O)(=O)N(Cc2ccc(F)cc2)[C@H](CC(C)C)C(=O)NO)cc1. The predicted molar refractivity (Wildman–Crippen MR) is 105 cm³/mol. The third kappa shape index (κ3) is 5.75. The molecular weight excluding hydrogens is 399 g/mol. The minimum absolute atomic E-state index is 0.0279. The Morgan fingerprint density at radius 3 is 2.21 bits per heavy atom. The highest BCUT2D eigenvalue weighted by Crippen LogP contribution is 2.26. The van der Waals surface area contributed by atoms with Gasteiger partial charge in [0.2, 0.25) is 10.0 Å². The minimum Gasteiger partial charge on any atom is -0.497 e. The molecule has 7 nitrogen and oxygen atoms in total. The van der Waals surface area contributed by atoms with Crippen molar-refractivity contribution in [3.63, 3.8) is 0 Å². The van der Waals surface area contributed by atoms with E-state index in [1.165, 1.54) is 55.6 Å². The van der Waals surface area contributed by atoms with Crippen LogP contribution in [0.25, 0.3) is 0 Å². The summed E-state index contributed by atoms with van der Waals surface area (Å²) in [7, 11) is -2.66. The van der Waals surface area contributed by atoms with E-state index in [1.807, 2.05) is 13.8 Å². The highest BCUT2D eigenvalue weighted by Gasteiger charge is 2.36. The van der Waals surface area contributed by atoms with Crippen LogP contribution in [0.15, 0.2) is 53.4 Å². The van der Waals surface area contributed by atoms with E-state index >= 15 is 0 Å². The van der Waals surface area contributed by atoms with Gasteiger partial charge in [0, 0.05) is 6.54 Å². The second-order valence-electron chi connectivity index (χ2n) is 6.97. The Morgan fingerprint density at radius 2 is 1.72 bits per heavy atom. The van der Waals surface area contributed by atoms with Crippen LogP contribution in [0.2, 0.25) is 0 Å². The molecule has 0 saturated carbocycles. The van der Waals surface area contributed by atoms with E-state index in [9.17, 15) is 22.8 Å². The predicted octanol–water partition coefficient (Wildman–Crippen LogP) is 2.95. The zero-order valence-corrected chi connectivity index (χ0v) is 17.3. The van der Waals surface area contributed by atoms with Crippen molar-refractivity contribution in [1.29, 1.82) is 0 Å². The van der Waals surface area contributed by atoms with Crippen LogP contribution in [-0.4, -0.2) is 37.0 Å². The first-order valence-electron chi connectivity index (χ1n) is 9.03. The normalized spacial score (nSPS) is 12.8. The van der Waals surface area contributed by atoms with Crippen molar-refractivity contribution in [1.82, 2.24) is 9.79 Å². The summed E-state index contributed by atoms with van der Waals surface area (Å²) in [5.74, 6) is -0.831. The third-order valence-corrected chi connectivity index (χ3v) is 6.24. The van der Waals surface area contributed by atoms with Crippen LogP contribution in [0.5, 0.6) is 5.75 Å². The van der Waals surface area contributed by atoms with Crippen LogP contribution >= 0.6 is 0 Å². The molecule has 2 N–H and O–H groups in total. The van der Waals surface area contributed by atoms with E-state index in [-0.39, 0.29) is 23.8 Å². The van der Waals surface area contributed by atoms with Crippen molar-refractivity contribution >= 4 is 15.9 Å². The van der Waals surface area contributed by atoms with Gasteiger partial charge >= 0.3 is 0 Å². The van der Waals surface area contributed by atoms with Gasteiger partial charge in [-0.15, -0.1) is 0 Å². The fourth-order valence-corrected chi connectivity index (χ4v) is 4.48. The van der Waals surface area contributed by atoms with Gasteiger partial charge in [-0.1, -0.05) is 26.0 Å². The summed E-state index contributed by atoms with van der Waals surface area (Å²) in [6.45, 7) is 3.51. The quantitative estimate of drug-likeness (QED) is 0.477. The number of methoxy groups -OCH3 is 1. The maximum Gasteiger partial charge on any atom is 0.261 e. The molecule has 1 atom stereocenters. The highest BCUT2D eigenvalue weighted by atomic mass is 32.2. The molecule has 0 unspecified atom stereocenters. The van der Waals surface area contributed by atoms with Crippen LogP contribution in [0, 0.1) is 11.7 Å². The number of nitrogens with one attached hydrogen (secondary N) is 1. The molecule has 0 aliphatic heterocycles. The molecule has 1 amide bonds. The molecule has 9 heteroatoms. The fourth-order valence-electron chi connectivity index (χ4n) is 2.89. The Bertz CT molecular complexity index is 915. The lowest BCUT2D eigenvalue weighted by Gasteiger charge is -2.30. The molecule has 2 aromatic rings. The molecule has 158 valence electrons. The van der Waals surface area contributed by atoms with Gasteiger partial charge in [0.15, 0.2) is 0 Å². The van der Waals surface area contributed by atoms with Crippen molar-refractivity contribution < 1.29 is 27.5 Å². The Kier molecular flexibility index (Phi) is 7.72. The number of nitrogens with zero attached hydrogens (tertiary/aromatic N) is 1. The molecule has 0 aromatic heterocycles. The lowest BCUT2D eigenvalue weighted by atomic mass is 10.0. The van der Waals surface area contributed by atoms with E-state index < -0.39 is 27.8 Å². The van der Waals surface area contributed by atoms with Gasteiger partial charge in [-0.3, -0.25) is 10.0 Å². The lowest BCUT2D eigenvalue weighted by Crippen LogP contribution is -2.49. The number of ether oxygens (including phenoxy) is 1. The molecule has 0 spiro atoms. The summed E-state index contributed by atoms with van der Waals surface area (Å²) >= 11 is 0. The number of rotatable bonds is 9. The molecule has 0 fully saturated rings. The smallest absolute Gasteiger partial charge is 0.261 e. The van der Waals surface area contributed by atoms with Gasteiger partial charge in [0.1, 0.15) is 17.6 Å². The molecular formula is C20H25FN2O5S. The largest absolute Gasteiger partial charge is 0.497 e. The average molecular weight is 424 g/mol. The third-order valence-electron chi connectivity index (χ3n) is 4.37. The van der Waals surface area contributed by atoms with Crippen LogP contribution in [-0.2, 0) is 21.4 Å². The van der Waals surface area contributed by atoms with Crippen LogP contribution in [0.4, 0.5) is 4.39 Å². The summed E-state index contributed by atoms with van der Waals surface area (Å²) < 4.78 is 46.1. The van der Waals surface area contributed by atoms with E-state index in [2.05, 4.69) is 0 Å². The summed E-state index contributed by atoms with van der Waals surface area (Å²) in [5, 5.41) is 9.19. The molecule has 2 aromatic carbocycles. The van der Waals surface area contributed by atoms with Crippen molar-refractivity contribution in [2.24, 2.45) is 5.92 Å². The Hall–Kier alpha value is -2.49. The van der Waals surface area contributed by atoms with Gasteiger partial charge in [-0.2, -0.15) is 4.31 Å². The second-order valence-corrected chi connectivity index (χ2v) is 8.86. The summed E-state index contributed by atoms with van der Waals surface area (Å²) in [6, 6.07) is 9.97. The van der Waals surface area contributed by atoms with Crippen molar-refractivity contribution in [2.45, 2.75) is 37.8 Å². The molecule has 0 aliphatic rings. The summed E-state index contributed by atoms with van der Waals surface area (Å²) in [4.78, 5) is 12.3. The van der Waals surface area contributed by atoms with Crippen molar-refractivity contribution in [3.8, 4) is 5.75 Å². The Labute approximate surface area is 170 Å². The topological polar surface area (TPSA) is 95.9 Å². The maximum atomic E-state index is 13.4. The molecule has 0 radical (unpaired) electrons. The van der Waals surface area contributed by atoms with Crippen molar-refractivity contribution in [2.75, 3.05) is 7.11 Å².